The highest BCUT2D eigenvalue weighted by Gasteiger charge is 2.40. The van der Waals surface area contributed by atoms with Crippen LogP contribution in [0.1, 0.15) is 6.92 Å². The summed E-state index contributed by atoms with van der Waals surface area (Å²) in [4.78, 5) is 1.71. The fourth-order valence-electron chi connectivity index (χ4n) is 1.72. The minimum Gasteiger partial charge on any atom is -0.388 e. The summed E-state index contributed by atoms with van der Waals surface area (Å²) in [5.41, 5.74) is 5.66. The van der Waals surface area contributed by atoms with Gasteiger partial charge in [0.25, 0.3) is 0 Å². The van der Waals surface area contributed by atoms with Crippen LogP contribution in [0.4, 0.5) is 0 Å². The van der Waals surface area contributed by atoms with Gasteiger partial charge in [-0.05, 0) is 19.1 Å². The second-order valence-electron chi connectivity index (χ2n) is 4.59. The molecule has 1 aliphatic heterocycles. The number of thiocarbonyl (C=S) groups is 1. The molecule has 0 aromatic rings. The van der Waals surface area contributed by atoms with Crippen LogP contribution in [0.2, 0.25) is 0 Å². The van der Waals surface area contributed by atoms with Crippen LogP contribution >= 0.6 is 12.2 Å². The van der Waals surface area contributed by atoms with Crippen LogP contribution in [-0.2, 0) is 4.74 Å². The lowest BCUT2D eigenvalue weighted by Crippen LogP contribution is -2.63. The molecule has 6 nitrogen and oxygen atoms in total. The molecule has 5 atom stereocenters. The minimum absolute atomic E-state index is 0.262. The lowest BCUT2D eigenvalue weighted by molar-refractivity contribution is -0.152. The molecule has 1 rings (SSSR count). The molecule has 7 heteroatoms. The first kappa shape index (κ1) is 14.6. The molecule has 100 valence electrons. The van der Waals surface area contributed by atoms with Gasteiger partial charge >= 0.3 is 0 Å². The average molecular weight is 263 g/mol. The van der Waals surface area contributed by atoms with E-state index in [1.807, 2.05) is 0 Å². The summed E-state index contributed by atoms with van der Waals surface area (Å²) < 4.78 is 5.44. The number of nitrogens with zero attached hydrogens (tertiary/aromatic N) is 1. The monoisotopic (exact) mass is 263 g/mol. The molecular weight excluding hydrogens is 242 g/mol. The van der Waals surface area contributed by atoms with Gasteiger partial charge in [0, 0.05) is 20.1 Å². The van der Waals surface area contributed by atoms with E-state index in [2.05, 4.69) is 5.32 Å². The van der Waals surface area contributed by atoms with Gasteiger partial charge < -0.3 is 30.9 Å². The lowest BCUT2D eigenvalue weighted by atomic mass is 9.94. The molecule has 17 heavy (non-hydrogen) atoms. The first-order valence-electron chi connectivity index (χ1n) is 5.55. The zero-order chi connectivity index (χ0) is 13.2. The Balaban J connectivity index is 2.59. The molecule has 1 aliphatic rings. The van der Waals surface area contributed by atoms with E-state index in [-0.39, 0.29) is 12.6 Å². The van der Waals surface area contributed by atoms with Crippen molar-refractivity contribution in [1.82, 2.24) is 10.2 Å². The van der Waals surface area contributed by atoms with Crippen LogP contribution in [0.5, 0.6) is 0 Å². The van der Waals surface area contributed by atoms with Crippen molar-refractivity contribution in [3.63, 3.8) is 0 Å². The van der Waals surface area contributed by atoms with E-state index in [4.69, 9.17) is 22.7 Å². The Bertz CT molecular complexity index is 276. The Hall–Kier alpha value is -0.470. The molecule has 0 aliphatic carbocycles. The largest absolute Gasteiger partial charge is 0.388 e. The molecule has 0 aromatic heterocycles. The van der Waals surface area contributed by atoms with E-state index < -0.39 is 24.4 Å². The fraction of sp³-hybridized carbons (Fsp3) is 0.900. The van der Waals surface area contributed by atoms with Gasteiger partial charge in [-0.2, -0.15) is 0 Å². The summed E-state index contributed by atoms with van der Waals surface area (Å²) in [5.74, 6) is 0. The van der Waals surface area contributed by atoms with E-state index in [0.717, 1.165) is 0 Å². The molecular formula is C10H21N3O3S. The number of aliphatic hydroxyl groups excluding tert-OH is 2. The molecule has 1 fully saturated rings. The van der Waals surface area contributed by atoms with E-state index in [0.29, 0.717) is 5.11 Å². The van der Waals surface area contributed by atoms with Gasteiger partial charge in [0.2, 0.25) is 0 Å². The Kier molecular flexibility index (Phi) is 5.08. The summed E-state index contributed by atoms with van der Waals surface area (Å²) in [6, 6.07) is -0.753. The van der Waals surface area contributed by atoms with Crippen LogP contribution in [0, 0.1) is 0 Å². The standard InChI is InChI=1S/C10H21N3O3S/c1-5(11)9-8(15)7(14)6(4-16-9)12-10(17)13(2)3/h5-9,14-15H,4,11H2,1-3H3,(H,12,17). The average Bonchev–Trinajstić information content (AvgIpc) is 2.24. The molecule has 0 spiro atoms. The summed E-state index contributed by atoms with van der Waals surface area (Å²) >= 11 is 5.07. The van der Waals surface area contributed by atoms with Crippen molar-refractivity contribution in [3.8, 4) is 0 Å². The molecule has 1 heterocycles. The maximum absolute atomic E-state index is 9.96. The summed E-state index contributed by atoms with van der Waals surface area (Å²) in [5, 5.41) is 23.3. The van der Waals surface area contributed by atoms with E-state index in [9.17, 15) is 10.2 Å². The van der Waals surface area contributed by atoms with Gasteiger partial charge in [-0.3, -0.25) is 0 Å². The van der Waals surface area contributed by atoms with E-state index >= 15 is 0 Å². The molecule has 5 unspecified atom stereocenters. The van der Waals surface area contributed by atoms with Crippen LogP contribution in [0.3, 0.4) is 0 Å². The van der Waals surface area contributed by atoms with Crippen LogP contribution in [0.25, 0.3) is 0 Å². The van der Waals surface area contributed by atoms with Crippen LogP contribution in [-0.4, -0.2) is 71.3 Å². The molecule has 1 saturated heterocycles. The number of nitrogens with one attached hydrogen (secondary N) is 1. The first-order chi connectivity index (χ1) is 7.84. The van der Waals surface area contributed by atoms with Crippen molar-refractivity contribution < 1.29 is 14.9 Å². The minimum atomic E-state index is -1.01. The zero-order valence-electron chi connectivity index (χ0n) is 10.3. The third-order valence-corrected chi connectivity index (χ3v) is 3.28. The molecule has 0 saturated carbocycles. The number of hydrogen-bond donors (Lipinski definition) is 4. The fourth-order valence-corrected chi connectivity index (χ4v) is 1.87. The van der Waals surface area contributed by atoms with Crippen molar-refractivity contribution >= 4 is 17.3 Å². The first-order valence-corrected chi connectivity index (χ1v) is 5.96. The number of nitrogens with two attached hydrogens (primary N) is 1. The SMILES string of the molecule is CC(N)C1OCC(NC(=S)N(C)C)C(O)C1O. The highest BCUT2D eigenvalue weighted by atomic mass is 32.1. The van der Waals surface area contributed by atoms with Gasteiger partial charge in [0.15, 0.2) is 5.11 Å². The molecule has 0 bridgehead atoms. The van der Waals surface area contributed by atoms with Gasteiger partial charge in [0.05, 0.1) is 12.6 Å². The lowest BCUT2D eigenvalue weighted by Gasteiger charge is -2.40. The molecule has 0 amide bonds. The van der Waals surface area contributed by atoms with E-state index in [1.54, 1.807) is 25.9 Å². The zero-order valence-corrected chi connectivity index (χ0v) is 11.1. The highest BCUT2D eigenvalue weighted by Crippen LogP contribution is 2.17. The van der Waals surface area contributed by atoms with Crippen molar-refractivity contribution in [1.29, 1.82) is 0 Å². The molecule has 0 radical (unpaired) electrons. The Labute approximate surface area is 107 Å². The van der Waals surface area contributed by atoms with Crippen molar-refractivity contribution in [2.24, 2.45) is 5.73 Å². The molecule has 5 N–H and O–H groups in total. The summed E-state index contributed by atoms with van der Waals surface area (Å²) in [6.45, 7) is 2.00. The quantitative estimate of drug-likeness (QED) is 0.440. The number of aliphatic hydroxyl groups is 2. The van der Waals surface area contributed by atoms with Crippen LogP contribution in [0.15, 0.2) is 0 Å². The van der Waals surface area contributed by atoms with Gasteiger partial charge in [-0.15, -0.1) is 0 Å². The van der Waals surface area contributed by atoms with Gasteiger partial charge in [-0.25, -0.2) is 0 Å². The normalized spacial score (nSPS) is 35.2. The number of ether oxygens (including phenoxy) is 1. The Morgan fingerprint density at radius 2 is 2.06 bits per heavy atom. The summed E-state index contributed by atoms with van der Waals surface area (Å²) in [6.07, 6.45) is -2.50. The smallest absolute Gasteiger partial charge is 0.168 e. The predicted molar refractivity (Wildman–Crippen MR) is 68.6 cm³/mol. The maximum atomic E-state index is 9.96. The number of hydrogen-bond acceptors (Lipinski definition) is 5. The highest BCUT2D eigenvalue weighted by molar-refractivity contribution is 7.80. The number of rotatable bonds is 2. The molecule has 0 aromatic carbocycles. The second kappa shape index (κ2) is 5.92. The van der Waals surface area contributed by atoms with Gasteiger partial charge in [0.1, 0.15) is 18.3 Å². The van der Waals surface area contributed by atoms with Gasteiger partial charge in [-0.1, -0.05) is 0 Å². The van der Waals surface area contributed by atoms with Crippen LogP contribution < -0.4 is 11.1 Å². The predicted octanol–water partition coefficient (Wildman–Crippen LogP) is -1.74. The maximum Gasteiger partial charge on any atom is 0.168 e. The van der Waals surface area contributed by atoms with E-state index in [1.165, 1.54) is 0 Å². The Morgan fingerprint density at radius 3 is 2.53 bits per heavy atom. The van der Waals surface area contributed by atoms with Crippen molar-refractivity contribution in [2.45, 2.75) is 37.3 Å². The second-order valence-corrected chi connectivity index (χ2v) is 4.98. The Morgan fingerprint density at radius 1 is 1.47 bits per heavy atom. The third kappa shape index (κ3) is 3.49. The topological polar surface area (TPSA) is 91.0 Å². The van der Waals surface area contributed by atoms with Crippen molar-refractivity contribution in [3.05, 3.63) is 0 Å². The third-order valence-electron chi connectivity index (χ3n) is 2.80. The summed E-state index contributed by atoms with van der Waals surface area (Å²) in [7, 11) is 3.60. The van der Waals surface area contributed by atoms with Crippen molar-refractivity contribution in [2.75, 3.05) is 20.7 Å².